The quantitative estimate of drug-likeness (QED) is 0.715. The van der Waals surface area contributed by atoms with Crippen LogP contribution in [0.1, 0.15) is 54.2 Å². The van der Waals surface area contributed by atoms with Gasteiger partial charge in [0.2, 0.25) is 5.91 Å². The Morgan fingerprint density at radius 3 is 2.89 bits per heavy atom. The lowest BCUT2D eigenvalue weighted by molar-refractivity contribution is -0.131. The van der Waals surface area contributed by atoms with Gasteiger partial charge in [-0.1, -0.05) is 26.2 Å². The summed E-state index contributed by atoms with van der Waals surface area (Å²) in [5.41, 5.74) is 0. The first kappa shape index (κ1) is 14.9. The second kappa shape index (κ2) is 7.34. The number of carbonyl (C=O) groups excluding carboxylic acids is 1. The van der Waals surface area contributed by atoms with Crippen molar-refractivity contribution in [2.75, 3.05) is 12.3 Å². The Labute approximate surface area is 124 Å². The summed E-state index contributed by atoms with van der Waals surface area (Å²) in [6.45, 7) is 5.25. The first-order valence-corrected chi connectivity index (χ1v) is 9.06. The van der Waals surface area contributed by atoms with E-state index in [2.05, 4.69) is 30.9 Å². The molecule has 2 nitrogen and oxygen atoms in total. The highest BCUT2D eigenvalue weighted by Crippen LogP contribution is 2.41. The highest BCUT2D eigenvalue weighted by atomic mass is 32.2. The number of amides is 1. The van der Waals surface area contributed by atoms with Crippen LogP contribution in [0.2, 0.25) is 0 Å². The van der Waals surface area contributed by atoms with Gasteiger partial charge in [-0.3, -0.25) is 4.79 Å². The van der Waals surface area contributed by atoms with E-state index in [0.717, 1.165) is 25.1 Å². The van der Waals surface area contributed by atoms with Crippen molar-refractivity contribution in [3.63, 3.8) is 0 Å². The van der Waals surface area contributed by atoms with E-state index in [1.165, 1.54) is 29.0 Å². The standard InChI is InChI=1S/C15H23NOS2/c1-3-4-5-6-7-14(17)16-10-11-18-15(16)13-9-8-12(2)19-13/h8-9,15H,3-7,10-11H2,1-2H3/t15-/m0/s1. The van der Waals surface area contributed by atoms with Gasteiger partial charge in [0, 0.05) is 28.5 Å². The van der Waals surface area contributed by atoms with Gasteiger partial charge >= 0.3 is 0 Å². The fraction of sp³-hybridized carbons (Fsp3) is 0.667. The molecule has 2 heterocycles. The van der Waals surface area contributed by atoms with Crippen molar-refractivity contribution in [3.05, 3.63) is 21.9 Å². The summed E-state index contributed by atoms with van der Waals surface area (Å²) < 4.78 is 0. The first-order valence-electron chi connectivity index (χ1n) is 7.19. The van der Waals surface area contributed by atoms with Crippen molar-refractivity contribution in [2.24, 2.45) is 0 Å². The molecule has 0 spiro atoms. The van der Waals surface area contributed by atoms with Crippen LogP contribution in [0, 0.1) is 6.92 Å². The molecule has 0 N–H and O–H groups in total. The number of thiophene rings is 1. The summed E-state index contributed by atoms with van der Waals surface area (Å²) in [5, 5.41) is 0.275. The normalized spacial score (nSPS) is 19.1. The second-order valence-electron chi connectivity index (χ2n) is 5.07. The molecule has 0 radical (unpaired) electrons. The summed E-state index contributed by atoms with van der Waals surface area (Å²) in [5.74, 6) is 1.42. The molecule has 1 aliphatic heterocycles. The van der Waals surface area contributed by atoms with Gasteiger partial charge in [0.1, 0.15) is 5.37 Å². The predicted molar refractivity (Wildman–Crippen MR) is 84.7 cm³/mol. The van der Waals surface area contributed by atoms with Gasteiger partial charge < -0.3 is 4.90 Å². The van der Waals surface area contributed by atoms with E-state index in [-0.39, 0.29) is 5.37 Å². The summed E-state index contributed by atoms with van der Waals surface area (Å²) in [7, 11) is 0. The smallest absolute Gasteiger partial charge is 0.223 e. The number of aryl methyl sites for hydroxylation is 1. The van der Waals surface area contributed by atoms with E-state index in [1.807, 2.05) is 23.1 Å². The van der Waals surface area contributed by atoms with Gasteiger partial charge in [0.05, 0.1) is 0 Å². The number of unbranched alkanes of at least 4 members (excludes halogenated alkanes) is 3. The molecule has 0 aromatic carbocycles. The molecule has 0 unspecified atom stereocenters. The zero-order valence-corrected chi connectivity index (χ0v) is 13.5. The third-order valence-corrected chi connectivity index (χ3v) is 5.90. The zero-order valence-electron chi connectivity index (χ0n) is 11.9. The van der Waals surface area contributed by atoms with Crippen LogP contribution in [0.25, 0.3) is 0 Å². The maximum atomic E-state index is 12.3. The van der Waals surface area contributed by atoms with Crippen molar-refractivity contribution < 1.29 is 4.79 Å². The molecule has 1 fully saturated rings. The molecule has 2 rings (SSSR count). The lowest BCUT2D eigenvalue weighted by Crippen LogP contribution is -2.29. The van der Waals surface area contributed by atoms with E-state index < -0.39 is 0 Å². The Hall–Kier alpha value is -0.480. The van der Waals surface area contributed by atoms with Crippen LogP contribution in [0.5, 0.6) is 0 Å². The predicted octanol–water partition coefficient (Wildman–Crippen LogP) is 4.60. The van der Waals surface area contributed by atoms with Crippen LogP contribution in [-0.4, -0.2) is 23.1 Å². The van der Waals surface area contributed by atoms with Crippen molar-refractivity contribution in [1.82, 2.24) is 4.90 Å². The lowest BCUT2D eigenvalue weighted by Gasteiger charge is -2.23. The third kappa shape index (κ3) is 3.99. The summed E-state index contributed by atoms with van der Waals surface area (Å²) in [6.07, 6.45) is 5.43. The molecule has 1 aromatic rings. The average Bonchev–Trinajstić information content (AvgIpc) is 3.02. The fourth-order valence-corrected chi connectivity index (χ4v) is 4.79. The van der Waals surface area contributed by atoms with Gasteiger partial charge in [-0.2, -0.15) is 0 Å². The molecule has 1 aliphatic rings. The Balaban J connectivity index is 1.89. The molecule has 1 amide bonds. The molecule has 0 bridgehead atoms. The van der Waals surface area contributed by atoms with E-state index in [4.69, 9.17) is 0 Å². The molecular formula is C15H23NOS2. The molecule has 0 aliphatic carbocycles. The fourth-order valence-electron chi connectivity index (χ4n) is 2.39. The minimum absolute atomic E-state index is 0.275. The maximum absolute atomic E-state index is 12.3. The topological polar surface area (TPSA) is 20.3 Å². The van der Waals surface area contributed by atoms with Crippen LogP contribution in [0.4, 0.5) is 0 Å². The number of carbonyl (C=O) groups is 1. The number of thioether (sulfide) groups is 1. The van der Waals surface area contributed by atoms with Crippen molar-refractivity contribution in [1.29, 1.82) is 0 Å². The van der Waals surface area contributed by atoms with Gasteiger partial charge in [0.15, 0.2) is 0 Å². The summed E-state index contributed by atoms with van der Waals surface area (Å²) >= 11 is 3.73. The van der Waals surface area contributed by atoms with E-state index in [9.17, 15) is 4.79 Å². The summed E-state index contributed by atoms with van der Waals surface area (Å²) in [6, 6.07) is 4.34. The van der Waals surface area contributed by atoms with Gasteiger partial charge in [-0.05, 0) is 25.5 Å². The molecule has 1 atom stereocenters. The Bertz CT molecular complexity index is 416. The van der Waals surface area contributed by atoms with Crippen LogP contribution in [0.15, 0.2) is 12.1 Å². The molecule has 106 valence electrons. The number of hydrogen-bond donors (Lipinski definition) is 0. The van der Waals surface area contributed by atoms with E-state index >= 15 is 0 Å². The zero-order chi connectivity index (χ0) is 13.7. The third-order valence-electron chi connectivity index (χ3n) is 3.46. The highest BCUT2D eigenvalue weighted by molar-refractivity contribution is 7.99. The Kier molecular flexibility index (Phi) is 5.76. The second-order valence-corrected chi connectivity index (χ2v) is 7.58. The van der Waals surface area contributed by atoms with Crippen LogP contribution < -0.4 is 0 Å². The molecule has 19 heavy (non-hydrogen) atoms. The van der Waals surface area contributed by atoms with E-state index in [1.54, 1.807) is 0 Å². The first-order chi connectivity index (χ1) is 9.22. The van der Waals surface area contributed by atoms with Crippen LogP contribution in [-0.2, 0) is 4.79 Å². The minimum Gasteiger partial charge on any atom is -0.325 e. The molecule has 1 saturated heterocycles. The van der Waals surface area contributed by atoms with Crippen LogP contribution >= 0.6 is 23.1 Å². The average molecular weight is 297 g/mol. The van der Waals surface area contributed by atoms with Gasteiger partial charge in [-0.15, -0.1) is 23.1 Å². The number of rotatable bonds is 6. The monoisotopic (exact) mass is 297 g/mol. The Morgan fingerprint density at radius 2 is 2.21 bits per heavy atom. The van der Waals surface area contributed by atoms with Crippen LogP contribution in [0.3, 0.4) is 0 Å². The highest BCUT2D eigenvalue weighted by Gasteiger charge is 2.30. The SMILES string of the molecule is CCCCCCC(=O)N1CCS[C@H]1c1ccc(C)s1. The minimum atomic E-state index is 0.275. The summed E-state index contributed by atoms with van der Waals surface area (Å²) in [4.78, 5) is 17.1. The van der Waals surface area contributed by atoms with Crippen molar-refractivity contribution >= 4 is 29.0 Å². The lowest BCUT2D eigenvalue weighted by atomic mass is 10.1. The molecule has 4 heteroatoms. The molecule has 1 aromatic heterocycles. The molecule has 0 saturated carbocycles. The van der Waals surface area contributed by atoms with Gasteiger partial charge in [0.25, 0.3) is 0 Å². The largest absolute Gasteiger partial charge is 0.325 e. The Morgan fingerprint density at radius 1 is 1.37 bits per heavy atom. The van der Waals surface area contributed by atoms with Gasteiger partial charge in [-0.25, -0.2) is 0 Å². The molecular weight excluding hydrogens is 274 g/mol. The van der Waals surface area contributed by atoms with E-state index in [0.29, 0.717) is 5.91 Å². The maximum Gasteiger partial charge on any atom is 0.223 e. The number of hydrogen-bond acceptors (Lipinski definition) is 3. The van der Waals surface area contributed by atoms with Crippen molar-refractivity contribution in [2.45, 2.75) is 51.3 Å². The van der Waals surface area contributed by atoms with Crippen molar-refractivity contribution in [3.8, 4) is 0 Å². The number of nitrogens with zero attached hydrogens (tertiary/aromatic N) is 1.